The molecule has 0 atom stereocenters. The molecule has 0 bridgehead atoms. The highest BCUT2D eigenvalue weighted by molar-refractivity contribution is 7.15. The minimum atomic E-state index is -0.549. The first-order chi connectivity index (χ1) is 15.9. The van der Waals surface area contributed by atoms with Crippen molar-refractivity contribution in [2.75, 3.05) is 17.2 Å². The van der Waals surface area contributed by atoms with Crippen molar-refractivity contribution in [1.29, 1.82) is 0 Å². The summed E-state index contributed by atoms with van der Waals surface area (Å²) in [5.74, 6) is 0.0867. The zero-order chi connectivity index (χ0) is 23.6. The number of rotatable bonds is 10. The first kappa shape index (κ1) is 23.9. The van der Waals surface area contributed by atoms with Gasteiger partial charge in [0.1, 0.15) is 16.5 Å². The number of esters is 1. The summed E-state index contributed by atoms with van der Waals surface area (Å²) in [6.45, 7) is 3.38. The summed E-state index contributed by atoms with van der Waals surface area (Å²) >= 11 is 1.27. The monoisotopic (exact) mass is 468 g/mol. The van der Waals surface area contributed by atoms with E-state index >= 15 is 0 Å². The molecule has 3 rings (SSSR count). The quantitative estimate of drug-likeness (QED) is 0.427. The molecule has 0 aliphatic heterocycles. The lowest BCUT2D eigenvalue weighted by atomic mass is 10.2. The van der Waals surface area contributed by atoms with E-state index in [1.165, 1.54) is 11.3 Å². The van der Waals surface area contributed by atoms with Crippen LogP contribution in [0, 0.1) is 13.8 Å². The summed E-state index contributed by atoms with van der Waals surface area (Å²) < 4.78 is 10.7. The van der Waals surface area contributed by atoms with Crippen LogP contribution >= 0.6 is 11.3 Å². The van der Waals surface area contributed by atoms with E-state index in [-0.39, 0.29) is 18.7 Å². The molecule has 2 amide bonds. The van der Waals surface area contributed by atoms with Crippen molar-refractivity contribution in [3.8, 4) is 11.5 Å². The van der Waals surface area contributed by atoms with Crippen LogP contribution in [0.3, 0.4) is 0 Å². The molecular weight excluding hydrogens is 444 g/mol. The molecule has 172 valence electrons. The molecule has 33 heavy (non-hydrogen) atoms. The largest absolute Gasteiger partial charge is 0.457 e. The molecule has 2 aromatic carbocycles. The fourth-order valence-corrected chi connectivity index (χ4v) is 3.29. The van der Waals surface area contributed by atoms with Gasteiger partial charge in [-0.1, -0.05) is 29.0 Å². The predicted molar refractivity (Wildman–Crippen MR) is 124 cm³/mol. The number of hydrogen-bond acceptors (Lipinski definition) is 8. The number of nitrogens with zero attached hydrogens (tertiary/aromatic N) is 2. The van der Waals surface area contributed by atoms with Gasteiger partial charge in [0.2, 0.25) is 11.0 Å². The smallest absolute Gasteiger partial charge is 0.306 e. The molecule has 0 spiro atoms. The number of hydrogen-bond donors (Lipinski definition) is 2. The topological polar surface area (TPSA) is 120 Å². The standard InChI is InChI=1S/C23H24N4O5S/c1-15-6-10-18(11-7-15)32-19-12-8-17(9-13-19)24-21(29)14-31-22(30)5-3-4-20(28)25-23-27-26-16(2)33-23/h6-13H,3-5,14H2,1-2H3,(H,24,29)(H,25,27,28). The van der Waals surface area contributed by atoms with Crippen LogP contribution in [0.15, 0.2) is 48.5 Å². The van der Waals surface area contributed by atoms with Crippen LogP contribution in [0.4, 0.5) is 10.8 Å². The van der Waals surface area contributed by atoms with Crippen LogP contribution in [-0.2, 0) is 19.1 Å². The third-order valence-corrected chi connectivity index (χ3v) is 5.07. The Morgan fingerprint density at radius 2 is 1.52 bits per heavy atom. The van der Waals surface area contributed by atoms with Crippen LogP contribution in [-0.4, -0.2) is 34.6 Å². The molecule has 1 aromatic heterocycles. The van der Waals surface area contributed by atoms with Crippen molar-refractivity contribution in [2.45, 2.75) is 33.1 Å². The summed E-state index contributed by atoms with van der Waals surface area (Å²) in [5, 5.41) is 14.0. The normalized spacial score (nSPS) is 10.4. The van der Waals surface area contributed by atoms with Gasteiger partial charge >= 0.3 is 5.97 Å². The Kier molecular flexibility index (Phi) is 8.48. The van der Waals surface area contributed by atoms with Gasteiger partial charge in [0.15, 0.2) is 6.61 Å². The van der Waals surface area contributed by atoms with Crippen molar-refractivity contribution >= 4 is 39.9 Å². The number of aryl methyl sites for hydroxylation is 2. The fourth-order valence-electron chi connectivity index (χ4n) is 2.69. The molecule has 3 aromatic rings. The molecule has 0 radical (unpaired) electrons. The number of carbonyl (C=O) groups excluding carboxylic acids is 3. The van der Waals surface area contributed by atoms with Crippen LogP contribution in [0.5, 0.6) is 11.5 Å². The van der Waals surface area contributed by atoms with Gasteiger partial charge < -0.3 is 20.1 Å². The van der Waals surface area contributed by atoms with E-state index in [1.807, 2.05) is 31.2 Å². The van der Waals surface area contributed by atoms with Gasteiger partial charge in [-0.3, -0.25) is 14.4 Å². The van der Waals surface area contributed by atoms with Gasteiger partial charge in [0, 0.05) is 18.5 Å². The van der Waals surface area contributed by atoms with Gasteiger partial charge in [-0.25, -0.2) is 0 Å². The summed E-state index contributed by atoms with van der Waals surface area (Å²) in [7, 11) is 0. The maximum Gasteiger partial charge on any atom is 0.306 e. The summed E-state index contributed by atoms with van der Waals surface area (Å²) in [4.78, 5) is 35.6. The van der Waals surface area contributed by atoms with Crippen molar-refractivity contribution in [1.82, 2.24) is 10.2 Å². The molecule has 0 unspecified atom stereocenters. The van der Waals surface area contributed by atoms with E-state index in [4.69, 9.17) is 9.47 Å². The lowest BCUT2D eigenvalue weighted by Crippen LogP contribution is -2.21. The highest BCUT2D eigenvalue weighted by Gasteiger charge is 2.11. The molecule has 0 saturated heterocycles. The number of anilines is 2. The number of nitrogens with one attached hydrogen (secondary N) is 2. The molecule has 9 nitrogen and oxygen atoms in total. The lowest BCUT2D eigenvalue weighted by Gasteiger charge is -2.09. The molecule has 0 saturated carbocycles. The summed E-state index contributed by atoms with van der Waals surface area (Å²) in [5.41, 5.74) is 1.70. The summed E-state index contributed by atoms with van der Waals surface area (Å²) in [6, 6.07) is 14.5. The average molecular weight is 469 g/mol. The van der Waals surface area contributed by atoms with Crippen molar-refractivity contribution in [2.24, 2.45) is 0 Å². The number of carbonyl (C=O) groups is 3. The van der Waals surface area contributed by atoms with E-state index in [0.717, 1.165) is 16.3 Å². The van der Waals surface area contributed by atoms with E-state index in [1.54, 1.807) is 31.2 Å². The molecule has 2 N–H and O–H groups in total. The Morgan fingerprint density at radius 3 is 2.15 bits per heavy atom. The molecular formula is C23H24N4O5S. The highest BCUT2D eigenvalue weighted by atomic mass is 32.1. The van der Waals surface area contributed by atoms with Gasteiger partial charge in [-0.2, -0.15) is 0 Å². The Labute approximate surface area is 195 Å². The first-order valence-electron chi connectivity index (χ1n) is 10.3. The fraction of sp³-hybridized carbons (Fsp3) is 0.261. The van der Waals surface area contributed by atoms with E-state index in [2.05, 4.69) is 20.8 Å². The highest BCUT2D eigenvalue weighted by Crippen LogP contribution is 2.23. The number of amides is 2. The van der Waals surface area contributed by atoms with Crippen LogP contribution < -0.4 is 15.4 Å². The first-order valence-corrected chi connectivity index (χ1v) is 11.1. The Bertz CT molecular complexity index is 1100. The zero-order valence-electron chi connectivity index (χ0n) is 18.3. The average Bonchev–Trinajstić information content (AvgIpc) is 3.19. The van der Waals surface area contributed by atoms with Gasteiger partial charge in [-0.05, 0) is 56.7 Å². The van der Waals surface area contributed by atoms with Gasteiger partial charge in [-0.15, -0.1) is 10.2 Å². The Morgan fingerprint density at radius 1 is 0.848 bits per heavy atom. The third kappa shape index (κ3) is 8.34. The number of ether oxygens (including phenoxy) is 2. The van der Waals surface area contributed by atoms with E-state index in [9.17, 15) is 14.4 Å². The Balaban J connectivity index is 1.32. The third-order valence-electron chi connectivity index (χ3n) is 4.32. The second kappa shape index (κ2) is 11.7. The van der Waals surface area contributed by atoms with Crippen LogP contribution in [0.1, 0.15) is 29.8 Å². The Hall–Kier alpha value is -3.79. The zero-order valence-corrected chi connectivity index (χ0v) is 19.1. The molecule has 1 heterocycles. The lowest BCUT2D eigenvalue weighted by molar-refractivity contribution is -0.147. The minimum Gasteiger partial charge on any atom is -0.457 e. The second-order valence-electron chi connectivity index (χ2n) is 7.18. The molecule has 0 aliphatic carbocycles. The van der Waals surface area contributed by atoms with Crippen LogP contribution in [0.2, 0.25) is 0 Å². The second-order valence-corrected chi connectivity index (χ2v) is 8.36. The molecule has 10 heteroatoms. The molecule has 0 fully saturated rings. The predicted octanol–water partition coefficient (Wildman–Crippen LogP) is 4.24. The van der Waals surface area contributed by atoms with Crippen molar-refractivity contribution < 1.29 is 23.9 Å². The number of benzene rings is 2. The van der Waals surface area contributed by atoms with Gasteiger partial charge in [0.25, 0.3) is 5.91 Å². The minimum absolute atomic E-state index is 0.0287. The SMILES string of the molecule is Cc1ccc(Oc2ccc(NC(=O)COC(=O)CCCC(=O)Nc3nnc(C)s3)cc2)cc1. The maximum absolute atomic E-state index is 12.0. The van der Waals surface area contributed by atoms with Crippen LogP contribution in [0.25, 0.3) is 0 Å². The molecule has 0 aliphatic rings. The van der Waals surface area contributed by atoms with Crippen molar-refractivity contribution in [3.05, 3.63) is 59.1 Å². The van der Waals surface area contributed by atoms with Gasteiger partial charge in [0.05, 0.1) is 0 Å². The summed E-state index contributed by atoms with van der Waals surface area (Å²) in [6.07, 6.45) is 0.463. The maximum atomic E-state index is 12.0. The number of aromatic nitrogens is 2. The van der Waals surface area contributed by atoms with E-state index < -0.39 is 18.5 Å². The van der Waals surface area contributed by atoms with Crippen molar-refractivity contribution in [3.63, 3.8) is 0 Å². The van der Waals surface area contributed by atoms with E-state index in [0.29, 0.717) is 23.0 Å².